The summed E-state index contributed by atoms with van der Waals surface area (Å²) in [7, 11) is -2.94. The Hall–Kier alpha value is -3.73. The van der Waals surface area contributed by atoms with Gasteiger partial charge in [-0.1, -0.05) is 151 Å². The normalized spacial score (nSPS) is 11.4. The lowest BCUT2D eigenvalue weighted by Gasteiger charge is -2.16. The molecule has 0 aliphatic carbocycles. The molecule has 0 saturated carbocycles. The lowest BCUT2D eigenvalue weighted by Crippen LogP contribution is -2.37. The fourth-order valence-electron chi connectivity index (χ4n) is 5.14. The van der Waals surface area contributed by atoms with E-state index in [1.165, 1.54) is 48.9 Å². The highest BCUT2D eigenvalue weighted by molar-refractivity contribution is 6.89. The third-order valence-corrected chi connectivity index (χ3v) is 12.5. The molecule has 0 aliphatic rings. The van der Waals surface area contributed by atoms with Gasteiger partial charge in [0, 0.05) is 0 Å². The van der Waals surface area contributed by atoms with Crippen molar-refractivity contribution >= 4 is 50.8 Å². The van der Waals surface area contributed by atoms with Gasteiger partial charge in [0.25, 0.3) is 0 Å². The van der Waals surface area contributed by atoms with Crippen LogP contribution in [-0.4, -0.2) is 53.6 Å². The predicted octanol–water partition coefficient (Wildman–Crippen LogP) is 9.25. The standard InChI is InChI=1S/C38H58O12Si2/c1-51(2,3)33-25-21-31(22-26-33)35(39)45-49-47-37(41)43-29-19-17-15-13-11-9-7-8-10-12-14-16-18-20-30-44-38(42)48-50-46-36(40)32-23-27-34(28-24-32)52(4,5)6/h21-28H,7-20,29-30H2,1-6H3. The van der Waals surface area contributed by atoms with Crippen molar-refractivity contribution in [1.29, 1.82) is 0 Å². The summed E-state index contributed by atoms with van der Waals surface area (Å²) in [6.07, 6.45) is 12.9. The van der Waals surface area contributed by atoms with Crippen molar-refractivity contribution in [2.45, 2.75) is 129 Å². The summed E-state index contributed by atoms with van der Waals surface area (Å²) in [5.74, 6) is -1.52. The SMILES string of the molecule is C[Si](C)(C)c1ccc(C(=O)OOOC(=O)OCCCCCCCCCCCCCCCCOC(=O)OOOC(=O)c2ccc([Si](C)(C)C)cc2)cc1. The van der Waals surface area contributed by atoms with Gasteiger partial charge in [0.15, 0.2) is 0 Å². The minimum absolute atomic E-state index is 0.205. The van der Waals surface area contributed by atoms with Crippen molar-refractivity contribution in [3.8, 4) is 0 Å². The molecule has 2 aromatic carbocycles. The van der Waals surface area contributed by atoms with E-state index < -0.39 is 40.4 Å². The van der Waals surface area contributed by atoms with Gasteiger partial charge in [-0.15, -0.1) is 0 Å². The minimum Gasteiger partial charge on any atom is -0.432 e. The quantitative estimate of drug-likeness (QED) is 0.0313. The largest absolute Gasteiger partial charge is 0.543 e. The topological polar surface area (TPSA) is 142 Å². The Morgan fingerprint density at radius 3 is 0.942 bits per heavy atom. The Morgan fingerprint density at radius 2 is 0.673 bits per heavy atom. The molecule has 0 saturated heterocycles. The molecule has 0 aliphatic heterocycles. The van der Waals surface area contributed by atoms with Crippen LogP contribution in [0.2, 0.25) is 39.3 Å². The number of carbonyl (C=O) groups excluding carboxylic acids is 4. The van der Waals surface area contributed by atoms with Crippen LogP contribution in [0.3, 0.4) is 0 Å². The molecule has 2 aromatic rings. The molecule has 0 aromatic heterocycles. The number of rotatable bonds is 25. The molecule has 2 rings (SSSR count). The zero-order valence-electron chi connectivity index (χ0n) is 31.8. The number of benzene rings is 2. The maximum absolute atomic E-state index is 12.0. The number of hydrogen-bond acceptors (Lipinski definition) is 12. The Morgan fingerprint density at radius 1 is 0.404 bits per heavy atom. The van der Waals surface area contributed by atoms with E-state index in [1.807, 2.05) is 24.3 Å². The average Bonchev–Trinajstić information content (AvgIpc) is 3.10. The van der Waals surface area contributed by atoms with E-state index in [2.05, 4.69) is 68.9 Å². The van der Waals surface area contributed by atoms with E-state index in [0.717, 1.165) is 51.4 Å². The first-order valence-corrected chi connectivity index (χ1v) is 25.4. The van der Waals surface area contributed by atoms with Gasteiger partial charge >= 0.3 is 24.2 Å². The van der Waals surface area contributed by atoms with Crippen LogP contribution < -0.4 is 10.4 Å². The monoisotopic (exact) mass is 762 g/mol. The van der Waals surface area contributed by atoms with E-state index in [1.54, 1.807) is 24.3 Å². The Bertz CT molecular complexity index is 1230. The van der Waals surface area contributed by atoms with Crippen molar-refractivity contribution in [3.05, 3.63) is 59.7 Å². The highest BCUT2D eigenvalue weighted by atomic mass is 28.3. The Balaban J connectivity index is 1.30. The molecule has 0 bridgehead atoms. The van der Waals surface area contributed by atoms with Crippen LogP contribution in [-0.2, 0) is 39.1 Å². The summed E-state index contributed by atoms with van der Waals surface area (Å²) in [5.41, 5.74) is 0.592. The fraction of sp³-hybridized carbons (Fsp3) is 0.579. The van der Waals surface area contributed by atoms with Gasteiger partial charge in [0.1, 0.15) is 0 Å². The van der Waals surface area contributed by atoms with Crippen LogP contribution >= 0.6 is 0 Å². The zero-order valence-corrected chi connectivity index (χ0v) is 33.8. The second kappa shape index (κ2) is 24.5. The van der Waals surface area contributed by atoms with Crippen molar-refractivity contribution in [1.82, 2.24) is 0 Å². The third kappa shape index (κ3) is 19.8. The zero-order chi connectivity index (χ0) is 38.2. The molecule has 0 N–H and O–H groups in total. The maximum Gasteiger partial charge on any atom is 0.543 e. The van der Waals surface area contributed by atoms with Gasteiger partial charge in [-0.25, -0.2) is 29.0 Å². The average molecular weight is 763 g/mol. The smallest absolute Gasteiger partial charge is 0.432 e. The number of carbonyl (C=O) groups is 4. The first-order chi connectivity index (χ1) is 24.8. The fourth-order valence-corrected chi connectivity index (χ4v) is 7.48. The number of hydrogen-bond donors (Lipinski definition) is 0. The van der Waals surface area contributed by atoms with Gasteiger partial charge in [0.2, 0.25) is 0 Å². The maximum atomic E-state index is 12.0. The van der Waals surface area contributed by atoms with E-state index in [4.69, 9.17) is 9.47 Å². The summed E-state index contributed by atoms with van der Waals surface area (Å²) < 4.78 is 9.87. The van der Waals surface area contributed by atoms with Gasteiger partial charge in [0.05, 0.1) is 50.6 Å². The molecule has 0 unspecified atom stereocenters. The first-order valence-electron chi connectivity index (χ1n) is 18.4. The lowest BCUT2D eigenvalue weighted by molar-refractivity contribution is -0.452. The minimum atomic E-state index is -1.47. The predicted molar refractivity (Wildman–Crippen MR) is 201 cm³/mol. The Labute approximate surface area is 310 Å². The van der Waals surface area contributed by atoms with Gasteiger partial charge in [-0.2, -0.15) is 0 Å². The molecule has 0 atom stereocenters. The van der Waals surface area contributed by atoms with Crippen LogP contribution in [0.15, 0.2) is 48.5 Å². The third-order valence-electron chi connectivity index (χ3n) is 8.38. The van der Waals surface area contributed by atoms with Gasteiger partial charge < -0.3 is 9.47 Å². The van der Waals surface area contributed by atoms with E-state index in [-0.39, 0.29) is 13.2 Å². The summed E-state index contributed by atoms with van der Waals surface area (Å²) in [4.78, 5) is 65.0. The summed E-state index contributed by atoms with van der Waals surface area (Å²) in [6, 6.07) is 14.2. The summed E-state index contributed by atoms with van der Waals surface area (Å²) >= 11 is 0. The second-order valence-corrected chi connectivity index (χ2v) is 25.0. The first kappa shape index (κ1) is 44.4. The van der Waals surface area contributed by atoms with Gasteiger partial charge in [-0.3, -0.25) is 9.78 Å². The van der Waals surface area contributed by atoms with Crippen LogP contribution in [0.5, 0.6) is 0 Å². The van der Waals surface area contributed by atoms with E-state index >= 15 is 0 Å². The van der Waals surface area contributed by atoms with Crippen LogP contribution in [0.1, 0.15) is 111 Å². The second-order valence-electron chi connectivity index (χ2n) is 14.8. The van der Waals surface area contributed by atoms with Gasteiger partial charge in [-0.05, 0) is 37.1 Å². The highest BCUT2D eigenvalue weighted by Gasteiger charge is 2.19. The van der Waals surface area contributed by atoms with Crippen LogP contribution in [0.25, 0.3) is 0 Å². The molecular formula is C38H58O12Si2. The highest BCUT2D eigenvalue weighted by Crippen LogP contribution is 2.14. The molecule has 12 nitrogen and oxygen atoms in total. The van der Waals surface area contributed by atoms with E-state index in [0.29, 0.717) is 11.1 Å². The molecule has 0 amide bonds. The number of ether oxygens (including phenoxy) is 2. The molecule has 14 heteroatoms. The summed E-state index contributed by atoms with van der Waals surface area (Å²) in [6.45, 7) is 13.7. The molecule has 0 radical (unpaired) electrons. The molecule has 0 fully saturated rings. The van der Waals surface area contributed by atoms with E-state index in [9.17, 15) is 19.2 Å². The molecule has 52 heavy (non-hydrogen) atoms. The molecular weight excluding hydrogens is 705 g/mol. The molecule has 0 heterocycles. The van der Waals surface area contributed by atoms with Crippen molar-refractivity contribution in [2.75, 3.05) is 13.2 Å². The van der Waals surface area contributed by atoms with Crippen LogP contribution in [0, 0.1) is 0 Å². The number of unbranched alkanes of at least 4 members (excludes halogenated alkanes) is 13. The van der Waals surface area contributed by atoms with Crippen molar-refractivity contribution < 1.29 is 58.3 Å². The Kier molecular flexibility index (Phi) is 20.9. The molecule has 290 valence electrons. The molecule has 0 spiro atoms. The summed E-state index contributed by atoms with van der Waals surface area (Å²) in [5, 5.41) is 11.0. The van der Waals surface area contributed by atoms with Crippen LogP contribution in [0.4, 0.5) is 9.59 Å². The van der Waals surface area contributed by atoms with Crippen molar-refractivity contribution in [2.24, 2.45) is 0 Å². The lowest BCUT2D eigenvalue weighted by atomic mass is 10.0. The van der Waals surface area contributed by atoms with Crippen molar-refractivity contribution in [3.63, 3.8) is 0 Å².